The van der Waals surface area contributed by atoms with Gasteiger partial charge in [-0.1, -0.05) is 24.3 Å². The summed E-state index contributed by atoms with van der Waals surface area (Å²) in [7, 11) is 1.55. The molecular formula is C21H19N5O3. The number of hydrogen-bond donors (Lipinski definition) is 1. The molecule has 0 fully saturated rings. The fourth-order valence-corrected chi connectivity index (χ4v) is 3.13. The third-order valence-electron chi connectivity index (χ3n) is 4.51. The lowest BCUT2D eigenvalue weighted by molar-refractivity contribution is -0.117. The van der Waals surface area contributed by atoms with Gasteiger partial charge in [-0.05, 0) is 31.2 Å². The van der Waals surface area contributed by atoms with Gasteiger partial charge in [-0.3, -0.25) is 9.59 Å². The summed E-state index contributed by atoms with van der Waals surface area (Å²) in [5.41, 5.74) is 1.97. The highest BCUT2D eigenvalue weighted by Crippen LogP contribution is 2.18. The third-order valence-corrected chi connectivity index (χ3v) is 4.51. The number of aromatic nitrogens is 4. The van der Waals surface area contributed by atoms with Crippen LogP contribution in [-0.2, 0) is 11.3 Å². The number of rotatable bonds is 5. The van der Waals surface area contributed by atoms with E-state index in [-0.39, 0.29) is 18.0 Å². The van der Waals surface area contributed by atoms with Crippen LogP contribution in [0.5, 0.6) is 5.75 Å². The fourth-order valence-electron chi connectivity index (χ4n) is 3.13. The number of fused-ring (bicyclic) bond motifs is 1. The minimum Gasteiger partial charge on any atom is -0.497 e. The van der Waals surface area contributed by atoms with E-state index in [1.165, 1.54) is 0 Å². The lowest BCUT2D eigenvalue weighted by Crippen LogP contribution is -2.31. The molecule has 8 nitrogen and oxygen atoms in total. The number of aryl methyl sites for hydroxylation is 1. The largest absolute Gasteiger partial charge is 0.497 e. The molecule has 8 heteroatoms. The van der Waals surface area contributed by atoms with E-state index in [0.717, 1.165) is 10.4 Å². The SMILES string of the molecule is COc1cccc(NC(=O)Cn2nc(C)c3cnn(-c4ccccc4)c3c2=O)c1. The number of carbonyl (C=O) groups is 1. The number of amides is 1. The maximum atomic E-state index is 13.1. The molecule has 1 amide bonds. The molecule has 4 rings (SSSR count). The van der Waals surface area contributed by atoms with Crippen molar-refractivity contribution in [2.45, 2.75) is 13.5 Å². The van der Waals surface area contributed by atoms with Crippen LogP contribution in [0, 0.1) is 6.92 Å². The van der Waals surface area contributed by atoms with E-state index in [2.05, 4.69) is 15.5 Å². The summed E-state index contributed by atoms with van der Waals surface area (Å²) in [6.45, 7) is 1.57. The summed E-state index contributed by atoms with van der Waals surface area (Å²) in [6, 6.07) is 16.4. The number of nitrogens with zero attached hydrogens (tertiary/aromatic N) is 4. The molecule has 0 bridgehead atoms. The maximum absolute atomic E-state index is 13.1. The number of benzene rings is 2. The quantitative estimate of drug-likeness (QED) is 0.566. The Hall–Kier alpha value is -3.94. The van der Waals surface area contributed by atoms with E-state index < -0.39 is 0 Å². The first kappa shape index (κ1) is 18.4. The highest BCUT2D eigenvalue weighted by Gasteiger charge is 2.16. The Kier molecular flexibility index (Phi) is 4.82. The molecule has 0 atom stereocenters. The van der Waals surface area contributed by atoms with Crippen molar-refractivity contribution in [3.05, 3.63) is 76.8 Å². The molecule has 2 aromatic heterocycles. The van der Waals surface area contributed by atoms with Gasteiger partial charge in [0.15, 0.2) is 0 Å². The molecule has 2 aromatic carbocycles. The van der Waals surface area contributed by atoms with Crippen molar-refractivity contribution >= 4 is 22.5 Å². The smallest absolute Gasteiger partial charge is 0.293 e. The first-order valence-corrected chi connectivity index (χ1v) is 9.01. The number of para-hydroxylation sites is 1. The molecule has 29 heavy (non-hydrogen) atoms. The third kappa shape index (κ3) is 3.60. The summed E-state index contributed by atoms with van der Waals surface area (Å²) in [5, 5.41) is 12.0. The summed E-state index contributed by atoms with van der Waals surface area (Å²) in [6.07, 6.45) is 1.62. The van der Waals surface area contributed by atoms with E-state index in [9.17, 15) is 9.59 Å². The lowest BCUT2D eigenvalue weighted by Gasteiger charge is -2.10. The van der Waals surface area contributed by atoms with Crippen LogP contribution in [-0.4, -0.2) is 32.6 Å². The first-order valence-electron chi connectivity index (χ1n) is 9.01. The van der Waals surface area contributed by atoms with Crippen LogP contribution in [0.2, 0.25) is 0 Å². The number of nitrogens with one attached hydrogen (secondary N) is 1. The molecule has 0 saturated carbocycles. The molecule has 2 heterocycles. The zero-order valence-electron chi connectivity index (χ0n) is 16.0. The van der Waals surface area contributed by atoms with Gasteiger partial charge in [0.05, 0.1) is 24.7 Å². The summed E-state index contributed by atoms with van der Waals surface area (Å²) in [4.78, 5) is 25.6. The Bertz CT molecular complexity index is 1240. The number of hydrogen-bond acceptors (Lipinski definition) is 5. The average molecular weight is 389 g/mol. The first-order chi connectivity index (χ1) is 14.1. The highest BCUT2D eigenvalue weighted by atomic mass is 16.5. The molecule has 0 aliphatic heterocycles. The summed E-state index contributed by atoms with van der Waals surface area (Å²) >= 11 is 0. The molecule has 0 unspecified atom stereocenters. The van der Waals surface area contributed by atoms with E-state index in [0.29, 0.717) is 28.0 Å². The van der Waals surface area contributed by atoms with Crippen LogP contribution in [0.4, 0.5) is 5.69 Å². The Labute approximate surface area is 166 Å². The van der Waals surface area contributed by atoms with Gasteiger partial charge < -0.3 is 10.1 Å². The van der Waals surface area contributed by atoms with Crippen LogP contribution < -0.4 is 15.6 Å². The van der Waals surface area contributed by atoms with Crippen LogP contribution in [0.25, 0.3) is 16.6 Å². The van der Waals surface area contributed by atoms with Gasteiger partial charge in [-0.25, -0.2) is 9.36 Å². The van der Waals surface area contributed by atoms with Crippen LogP contribution in [0.1, 0.15) is 5.69 Å². The fraction of sp³-hybridized carbons (Fsp3) is 0.143. The van der Waals surface area contributed by atoms with Crippen molar-refractivity contribution in [3.8, 4) is 11.4 Å². The predicted molar refractivity (Wildman–Crippen MR) is 109 cm³/mol. The molecule has 0 spiro atoms. The van der Waals surface area contributed by atoms with Crippen LogP contribution in [0.15, 0.2) is 65.6 Å². The van der Waals surface area contributed by atoms with Gasteiger partial charge in [-0.15, -0.1) is 0 Å². The van der Waals surface area contributed by atoms with Crippen molar-refractivity contribution < 1.29 is 9.53 Å². The molecule has 0 radical (unpaired) electrons. The van der Waals surface area contributed by atoms with E-state index in [1.54, 1.807) is 49.2 Å². The second-order valence-corrected chi connectivity index (χ2v) is 6.48. The zero-order valence-corrected chi connectivity index (χ0v) is 16.0. The topological polar surface area (TPSA) is 91.0 Å². The summed E-state index contributed by atoms with van der Waals surface area (Å²) in [5.74, 6) is 0.263. The number of ether oxygens (including phenoxy) is 1. The van der Waals surface area contributed by atoms with Crippen LogP contribution >= 0.6 is 0 Å². The highest BCUT2D eigenvalue weighted by molar-refractivity contribution is 5.91. The average Bonchev–Trinajstić information content (AvgIpc) is 3.18. The number of carbonyl (C=O) groups excluding carboxylic acids is 1. The molecule has 0 aliphatic carbocycles. The Balaban J connectivity index is 1.68. The predicted octanol–water partition coefficient (Wildman–Crippen LogP) is 2.54. The zero-order chi connectivity index (χ0) is 20.4. The van der Waals surface area contributed by atoms with Gasteiger partial charge in [0, 0.05) is 17.1 Å². The van der Waals surface area contributed by atoms with E-state index >= 15 is 0 Å². The molecular weight excluding hydrogens is 370 g/mol. The van der Waals surface area contributed by atoms with E-state index in [1.807, 2.05) is 30.3 Å². The minimum atomic E-state index is -0.382. The monoisotopic (exact) mass is 389 g/mol. The van der Waals surface area contributed by atoms with Crippen molar-refractivity contribution in [1.82, 2.24) is 19.6 Å². The second-order valence-electron chi connectivity index (χ2n) is 6.48. The Morgan fingerprint density at radius 1 is 1.14 bits per heavy atom. The van der Waals surface area contributed by atoms with Crippen molar-refractivity contribution in [3.63, 3.8) is 0 Å². The van der Waals surface area contributed by atoms with Crippen molar-refractivity contribution in [1.29, 1.82) is 0 Å². The van der Waals surface area contributed by atoms with Gasteiger partial charge in [0.2, 0.25) is 5.91 Å². The number of methoxy groups -OCH3 is 1. The molecule has 1 N–H and O–H groups in total. The van der Waals surface area contributed by atoms with Crippen molar-refractivity contribution in [2.75, 3.05) is 12.4 Å². The minimum absolute atomic E-state index is 0.215. The van der Waals surface area contributed by atoms with Crippen LogP contribution in [0.3, 0.4) is 0 Å². The number of anilines is 1. The Morgan fingerprint density at radius 2 is 1.93 bits per heavy atom. The van der Waals surface area contributed by atoms with E-state index in [4.69, 9.17) is 4.74 Å². The van der Waals surface area contributed by atoms with Gasteiger partial charge >= 0.3 is 0 Å². The van der Waals surface area contributed by atoms with Crippen molar-refractivity contribution in [2.24, 2.45) is 0 Å². The summed E-state index contributed by atoms with van der Waals surface area (Å²) < 4.78 is 7.89. The molecule has 4 aromatic rings. The maximum Gasteiger partial charge on any atom is 0.293 e. The lowest BCUT2D eigenvalue weighted by atomic mass is 10.2. The molecule has 146 valence electrons. The Morgan fingerprint density at radius 3 is 2.69 bits per heavy atom. The standard InChI is InChI=1S/C21H19N5O3/c1-14-18-12-22-26(16-8-4-3-5-9-16)20(18)21(28)25(24-14)13-19(27)23-15-7-6-10-17(11-15)29-2/h3-12H,13H2,1-2H3,(H,23,27). The molecule has 0 saturated heterocycles. The normalized spacial score (nSPS) is 10.8. The van der Waals surface area contributed by atoms with Gasteiger partial charge in [-0.2, -0.15) is 10.2 Å². The molecule has 0 aliphatic rings. The second kappa shape index (κ2) is 7.59. The van der Waals surface area contributed by atoms with Gasteiger partial charge in [0.25, 0.3) is 5.56 Å². The van der Waals surface area contributed by atoms with Gasteiger partial charge in [0.1, 0.15) is 17.8 Å².